The van der Waals surface area contributed by atoms with Crippen molar-refractivity contribution in [1.29, 1.82) is 0 Å². The molecule has 1 fully saturated rings. The summed E-state index contributed by atoms with van der Waals surface area (Å²) < 4.78 is 0. The second-order valence-corrected chi connectivity index (χ2v) is 6.29. The van der Waals surface area contributed by atoms with Gasteiger partial charge >= 0.3 is 0 Å². The van der Waals surface area contributed by atoms with Crippen molar-refractivity contribution in [2.45, 2.75) is 33.0 Å². The molecule has 102 valence electrons. The van der Waals surface area contributed by atoms with Crippen molar-refractivity contribution in [2.75, 3.05) is 33.2 Å². The Kier molecular flexibility index (Phi) is 5.12. The van der Waals surface area contributed by atoms with Crippen molar-refractivity contribution in [2.24, 2.45) is 0 Å². The molecule has 0 aromatic carbocycles. The summed E-state index contributed by atoms with van der Waals surface area (Å²) >= 11 is 1.79. The van der Waals surface area contributed by atoms with Crippen LogP contribution < -0.4 is 5.32 Å². The molecule has 1 aromatic rings. The van der Waals surface area contributed by atoms with Crippen LogP contribution in [0, 0.1) is 0 Å². The predicted octanol–water partition coefficient (Wildman–Crippen LogP) is 1.39. The van der Waals surface area contributed by atoms with Crippen LogP contribution in [0.3, 0.4) is 0 Å². The molecule has 0 bridgehead atoms. The molecule has 1 aliphatic heterocycles. The Balaban J connectivity index is 1.79. The van der Waals surface area contributed by atoms with Crippen LogP contribution in [0.4, 0.5) is 0 Å². The Morgan fingerprint density at radius 2 is 2.06 bits per heavy atom. The van der Waals surface area contributed by atoms with Crippen molar-refractivity contribution in [3.63, 3.8) is 0 Å². The van der Waals surface area contributed by atoms with Crippen LogP contribution in [-0.4, -0.2) is 54.1 Å². The fourth-order valence-electron chi connectivity index (χ4n) is 2.01. The van der Waals surface area contributed by atoms with E-state index in [1.54, 1.807) is 11.3 Å². The van der Waals surface area contributed by atoms with Crippen molar-refractivity contribution < 1.29 is 0 Å². The molecule has 2 heterocycles. The molecule has 2 rings (SSSR count). The van der Waals surface area contributed by atoms with E-state index in [1.165, 1.54) is 23.8 Å². The normalized spacial score (nSPS) is 18.7. The van der Waals surface area contributed by atoms with E-state index in [0.717, 1.165) is 26.2 Å². The van der Waals surface area contributed by atoms with E-state index >= 15 is 0 Å². The highest BCUT2D eigenvalue weighted by atomic mass is 32.1. The monoisotopic (exact) mass is 268 g/mol. The van der Waals surface area contributed by atoms with Crippen LogP contribution in [-0.2, 0) is 13.1 Å². The third kappa shape index (κ3) is 4.31. The van der Waals surface area contributed by atoms with Gasteiger partial charge in [-0.2, -0.15) is 0 Å². The molecule has 0 atom stereocenters. The van der Waals surface area contributed by atoms with E-state index in [1.807, 2.05) is 0 Å². The molecule has 0 unspecified atom stereocenters. The summed E-state index contributed by atoms with van der Waals surface area (Å²) in [4.78, 5) is 9.58. The largest absolute Gasteiger partial charge is 0.309 e. The van der Waals surface area contributed by atoms with Gasteiger partial charge in [-0.25, -0.2) is 4.98 Å². The molecule has 0 aliphatic carbocycles. The van der Waals surface area contributed by atoms with Crippen LogP contribution in [0.25, 0.3) is 0 Å². The second kappa shape index (κ2) is 6.61. The van der Waals surface area contributed by atoms with Gasteiger partial charge in [-0.15, -0.1) is 11.3 Å². The van der Waals surface area contributed by atoms with Gasteiger partial charge in [0, 0.05) is 44.1 Å². The topological polar surface area (TPSA) is 31.4 Å². The lowest BCUT2D eigenvalue weighted by molar-refractivity contribution is 0.148. The van der Waals surface area contributed by atoms with E-state index in [-0.39, 0.29) is 0 Å². The molecular formula is C13H24N4S. The molecule has 4 nitrogen and oxygen atoms in total. The molecule has 1 N–H and O–H groups in total. The van der Waals surface area contributed by atoms with Gasteiger partial charge < -0.3 is 10.2 Å². The van der Waals surface area contributed by atoms with Crippen molar-refractivity contribution in [3.05, 3.63) is 16.1 Å². The molecule has 1 aliphatic rings. The van der Waals surface area contributed by atoms with Crippen LogP contribution in [0.15, 0.2) is 5.38 Å². The average molecular weight is 268 g/mol. The highest BCUT2D eigenvalue weighted by molar-refractivity contribution is 7.09. The summed E-state index contributed by atoms with van der Waals surface area (Å²) in [5.74, 6) is 0. The number of piperazine rings is 1. The second-order valence-electron chi connectivity index (χ2n) is 5.35. The van der Waals surface area contributed by atoms with Crippen LogP contribution in [0.5, 0.6) is 0 Å². The van der Waals surface area contributed by atoms with Gasteiger partial charge in [0.25, 0.3) is 0 Å². The van der Waals surface area contributed by atoms with Crippen molar-refractivity contribution in [3.8, 4) is 0 Å². The Hall–Kier alpha value is -0.490. The van der Waals surface area contributed by atoms with Gasteiger partial charge in [-0.05, 0) is 7.05 Å². The maximum absolute atomic E-state index is 4.70. The lowest BCUT2D eigenvalue weighted by atomic mass is 10.3. The van der Waals surface area contributed by atoms with E-state index in [4.69, 9.17) is 4.98 Å². The number of likely N-dealkylation sites (N-methyl/N-ethyl adjacent to an activating group) is 1. The fraction of sp³-hybridized carbons (Fsp3) is 0.769. The molecule has 1 aromatic heterocycles. The number of nitrogens with zero attached hydrogens (tertiary/aromatic N) is 3. The first-order valence-corrected chi connectivity index (χ1v) is 7.59. The predicted molar refractivity (Wildman–Crippen MR) is 76.9 cm³/mol. The standard InChI is InChI=1S/C13H24N4S/c1-11(2)14-8-12-10-18-13(15-12)9-17-6-4-16(3)5-7-17/h10-11,14H,4-9H2,1-3H3. The van der Waals surface area contributed by atoms with Gasteiger partial charge in [-0.3, -0.25) is 4.90 Å². The number of rotatable bonds is 5. The first-order chi connectivity index (χ1) is 8.63. The maximum atomic E-state index is 4.70. The number of nitrogens with one attached hydrogen (secondary N) is 1. The maximum Gasteiger partial charge on any atom is 0.107 e. The Morgan fingerprint density at radius 1 is 1.33 bits per heavy atom. The Labute approximate surface area is 114 Å². The Morgan fingerprint density at radius 3 is 2.72 bits per heavy atom. The van der Waals surface area contributed by atoms with Crippen LogP contribution >= 0.6 is 11.3 Å². The minimum absolute atomic E-state index is 0.521. The SMILES string of the molecule is CC(C)NCc1csc(CN2CCN(C)CC2)n1. The molecule has 0 amide bonds. The number of aromatic nitrogens is 1. The van der Waals surface area contributed by atoms with Gasteiger partial charge in [0.15, 0.2) is 0 Å². The van der Waals surface area contributed by atoms with Crippen LogP contribution in [0.2, 0.25) is 0 Å². The smallest absolute Gasteiger partial charge is 0.107 e. The number of hydrogen-bond donors (Lipinski definition) is 1. The molecular weight excluding hydrogens is 244 g/mol. The highest BCUT2D eigenvalue weighted by Crippen LogP contribution is 2.13. The Bertz CT molecular complexity index is 356. The fourth-order valence-corrected chi connectivity index (χ4v) is 2.84. The quantitative estimate of drug-likeness (QED) is 0.874. The van der Waals surface area contributed by atoms with E-state index in [2.05, 4.69) is 41.4 Å². The number of hydrogen-bond acceptors (Lipinski definition) is 5. The number of thiazole rings is 1. The highest BCUT2D eigenvalue weighted by Gasteiger charge is 2.15. The summed E-state index contributed by atoms with van der Waals surface area (Å²) in [7, 11) is 2.19. The zero-order chi connectivity index (χ0) is 13.0. The van der Waals surface area contributed by atoms with E-state index < -0.39 is 0 Å². The first kappa shape index (κ1) is 13.9. The third-order valence-electron chi connectivity index (χ3n) is 3.25. The van der Waals surface area contributed by atoms with Gasteiger partial charge in [0.05, 0.1) is 12.2 Å². The first-order valence-electron chi connectivity index (χ1n) is 6.71. The van der Waals surface area contributed by atoms with Crippen LogP contribution in [0.1, 0.15) is 24.5 Å². The van der Waals surface area contributed by atoms with E-state index in [0.29, 0.717) is 6.04 Å². The third-order valence-corrected chi connectivity index (χ3v) is 4.13. The molecule has 0 spiro atoms. The average Bonchev–Trinajstić information content (AvgIpc) is 2.77. The lowest BCUT2D eigenvalue weighted by Gasteiger charge is -2.31. The minimum atomic E-state index is 0.521. The summed E-state index contributed by atoms with van der Waals surface area (Å²) in [6.45, 7) is 10.9. The summed E-state index contributed by atoms with van der Waals surface area (Å²) in [5, 5.41) is 6.84. The van der Waals surface area contributed by atoms with Gasteiger partial charge in [-0.1, -0.05) is 13.8 Å². The molecule has 0 radical (unpaired) electrons. The summed E-state index contributed by atoms with van der Waals surface area (Å²) in [6, 6.07) is 0.521. The van der Waals surface area contributed by atoms with Crippen molar-refractivity contribution >= 4 is 11.3 Å². The molecule has 18 heavy (non-hydrogen) atoms. The molecule has 5 heteroatoms. The summed E-state index contributed by atoms with van der Waals surface area (Å²) in [6.07, 6.45) is 0. The van der Waals surface area contributed by atoms with Crippen molar-refractivity contribution in [1.82, 2.24) is 20.1 Å². The minimum Gasteiger partial charge on any atom is -0.309 e. The zero-order valence-electron chi connectivity index (χ0n) is 11.6. The van der Waals surface area contributed by atoms with Gasteiger partial charge in [0.1, 0.15) is 5.01 Å². The zero-order valence-corrected chi connectivity index (χ0v) is 12.5. The van der Waals surface area contributed by atoms with E-state index in [9.17, 15) is 0 Å². The molecule has 1 saturated heterocycles. The summed E-state index contributed by atoms with van der Waals surface area (Å²) in [5.41, 5.74) is 1.18. The molecule has 0 saturated carbocycles. The van der Waals surface area contributed by atoms with Gasteiger partial charge in [0.2, 0.25) is 0 Å². The lowest BCUT2D eigenvalue weighted by Crippen LogP contribution is -2.43.